The Bertz CT molecular complexity index is 1170. The summed E-state index contributed by atoms with van der Waals surface area (Å²) in [6.07, 6.45) is 3.64. The molecule has 3 aromatic rings. The molecular weight excluding hydrogens is 440 g/mol. The third-order valence-corrected chi connectivity index (χ3v) is 6.80. The van der Waals surface area contributed by atoms with Crippen molar-refractivity contribution in [1.29, 1.82) is 0 Å². The number of piperidine rings is 1. The molecule has 1 aliphatic rings. The molecule has 174 valence electrons. The van der Waals surface area contributed by atoms with Gasteiger partial charge in [0.1, 0.15) is 0 Å². The van der Waals surface area contributed by atoms with Gasteiger partial charge < -0.3 is 5.32 Å². The number of sulfonamides is 1. The van der Waals surface area contributed by atoms with E-state index in [2.05, 4.69) is 20.5 Å². The Hall–Kier alpha value is -3.08. The van der Waals surface area contributed by atoms with Crippen LogP contribution < -0.4 is 10.5 Å². The summed E-state index contributed by atoms with van der Waals surface area (Å²) >= 11 is 0. The van der Waals surface area contributed by atoms with Crippen LogP contribution in [0.3, 0.4) is 0 Å². The van der Waals surface area contributed by atoms with Crippen molar-refractivity contribution >= 4 is 15.9 Å². The number of nitrogens with two attached hydrogens (primary N) is 1. The molecule has 1 aromatic heterocycles. The number of nitrogens with one attached hydrogen (secondary N) is 1. The summed E-state index contributed by atoms with van der Waals surface area (Å²) in [5.41, 5.74) is 2.47. The lowest BCUT2D eigenvalue weighted by atomic mass is 9.96. The monoisotopic (exact) mass is 468 g/mol. The molecule has 0 spiro atoms. The first-order chi connectivity index (χ1) is 15.9. The summed E-state index contributed by atoms with van der Waals surface area (Å²) in [4.78, 5) is 14.9. The molecule has 3 N–H and O–H groups in total. The van der Waals surface area contributed by atoms with Crippen molar-refractivity contribution in [2.75, 3.05) is 19.6 Å². The lowest BCUT2D eigenvalue weighted by molar-refractivity contribution is 0.0930. The summed E-state index contributed by atoms with van der Waals surface area (Å²) in [5, 5.41) is 16.2. The van der Waals surface area contributed by atoms with Gasteiger partial charge in [0.15, 0.2) is 5.69 Å². The maximum absolute atomic E-state index is 12.5. The average molecular weight is 469 g/mol. The number of hydrogen-bond acceptors (Lipinski definition) is 6. The van der Waals surface area contributed by atoms with Gasteiger partial charge in [-0.25, -0.2) is 18.2 Å². The number of amides is 1. The van der Waals surface area contributed by atoms with Crippen LogP contribution in [-0.4, -0.2) is 53.9 Å². The van der Waals surface area contributed by atoms with E-state index in [4.69, 9.17) is 5.14 Å². The lowest BCUT2D eigenvalue weighted by Crippen LogP contribution is -2.38. The number of hydrogen-bond donors (Lipinski definition) is 2. The Labute approximate surface area is 193 Å². The Balaban J connectivity index is 1.20. The van der Waals surface area contributed by atoms with Gasteiger partial charge in [0.05, 0.1) is 17.6 Å². The first kappa shape index (κ1) is 23.1. The second-order valence-electron chi connectivity index (χ2n) is 8.41. The van der Waals surface area contributed by atoms with Gasteiger partial charge in [0, 0.05) is 13.1 Å². The third-order valence-electron chi connectivity index (χ3n) is 5.88. The molecular formula is C23H28N6O3S. The Kier molecular flexibility index (Phi) is 7.17. The predicted molar refractivity (Wildman–Crippen MR) is 124 cm³/mol. The van der Waals surface area contributed by atoms with Crippen LogP contribution in [0, 0.1) is 5.92 Å². The SMILES string of the molecule is NS(=O)(=O)c1ccc(CN2CCC(CNC(=O)c3cn(Cc4ccccc4)nn3)CC2)cc1. The summed E-state index contributed by atoms with van der Waals surface area (Å²) in [7, 11) is -3.66. The van der Waals surface area contributed by atoms with Gasteiger partial charge in [-0.3, -0.25) is 9.69 Å². The number of benzene rings is 2. The molecule has 0 unspecified atom stereocenters. The molecule has 0 radical (unpaired) electrons. The van der Waals surface area contributed by atoms with Crippen LogP contribution in [0.2, 0.25) is 0 Å². The molecule has 0 aliphatic carbocycles. The molecule has 9 nitrogen and oxygen atoms in total. The molecule has 1 saturated heterocycles. The first-order valence-electron chi connectivity index (χ1n) is 10.9. The summed E-state index contributed by atoms with van der Waals surface area (Å²) in [6.45, 7) is 3.79. The van der Waals surface area contributed by atoms with Gasteiger partial charge in [0.2, 0.25) is 10.0 Å². The van der Waals surface area contributed by atoms with Crippen LogP contribution in [0.1, 0.15) is 34.5 Å². The maximum Gasteiger partial charge on any atom is 0.273 e. The van der Waals surface area contributed by atoms with Crippen molar-refractivity contribution in [1.82, 2.24) is 25.2 Å². The fourth-order valence-electron chi connectivity index (χ4n) is 3.97. The van der Waals surface area contributed by atoms with E-state index in [1.165, 1.54) is 0 Å². The lowest BCUT2D eigenvalue weighted by Gasteiger charge is -2.32. The number of carbonyl (C=O) groups excluding carboxylic acids is 1. The van der Waals surface area contributed by atoms with E-state index in [9.17, 15) is 13.2 Å². The molecule has 2 heterocycles. The van der Waals surface area contributed by atoms with Crippen LogP contribution in [0.5, 0.6) is 0 Å². The number of rotatable bonds is 8. The van der Waals surface area contributed by atoms with E-state index < -0.39 is 10.0 Å². The third kappa shape index (κ3) is 6.47. The number of carbonyl (C=O) groups is 1. The summed E-state index contributed by atoms with van der Waals surface area (Å²) < 4.78 is 24.4. The Morgan fingerprint density at radius 1 is 1.00 bits per heavy atom. The molecule has 0 saturated carbocycles. The van der Waals surface area contributed by atoms with Gasteiger partial charge in [-0.15, -0.1) is 5.10 Å². The van der Waals surface area contributed by atoms with Crippen LogP contribution in [-0.2, 0) is 23.1 Å². The van der Waals surface area contributed by atoms with Crippen molar-refractivity contribution in [3.8, 4) is 0 Å². The van der Waals surface area contributed by atoms with Crippen molar-refractivity contribution < 1.29 is 13.2 Å². The second-order valence-corrected chi connectivity index (χ2v) is 9.97. The second kappa shape index (κ2) is 10.2. The average Bonchev–Trinajstić information content (AvgIpc) is 3.27. The number of likely N-dealkylation sites (tertiary alicyclic amines) is 1. The van der Waals surface area contributed by atoms with Crippen molar-refractivity contribution in [3.63, 3.8) is 0 Å². The molecule has 1 amide bonds. The smallest absolute Gasteiger partial charge is 0.273 e. The van der Waals surface area contributed by atoms with E-state index in [1.807, 2.05) is 30.3 Å². The minimum atomic E-state index is -3.66. The Morgan fingerprint density at radius 2 is 1.67 bits per heavy atom. The van der Waals surface area contributed by atoms with Crippen LogP contribution in [0.15, 0.2) is 65.7 Å². The highest BCUT2D eigenvalue weighted by Crippen LogP contribution is 2.19. The highest BCUT2D eigenvalue weighted by Gasteiger charge is 2.21. The molecule has 1 aliphatic heterocycles. The molecule has 2 aromatic carbocycles. The maximum atomic E-state index is 12.5. The van der Waals surface area contributed by atoms with E-state index in [-0.39, 0.29) is 10.8 Å². The van der Waals surface area contributed by atoms with Gasteiger partial charge in [-0.1, -0.05) is 47.7 Å². The molecule has 0 atom stereocenters. The zero-order chi connectivity index (χ0) is 23.3. The molecule has 4 rings (SSSR count). The van der Waals surface area contributed by atoms with E-state index in [0.717, 1.165) is 43.6 Å². The largest absolute Gasteiger partial charge is 0.350 e. The quantitative estimate of drug-likeness (QED) is 0.518. The van der Waals surface area contributed by atoms with Crippen molar-refractivity contribution in [2.45, 2.75) is 30.8 Å². The summed E-state index contributed by atoms with van der Waals surface area (Å²) in [6, 6.07) is 16.6. The van der Waals surface area contributed by atoms with Crippen LogP contribution in [0.25, 0.3) is 0 Å². The Morgan fingerprint density at radius 3 is 2.33 bits per heavy atom. The van der Waals surface area contributed by atoms with E-state index in [1.54, 1.807) is 35.1 Å². The first-order valence-corrected chi connectivity index (χ1v) is 12.5. The van der Waals surface area contributed by atoms with E-state index >= 15 is 0 Å². The van der Waals surface area contributed by atoms with Crippen molar-refractivity contribution in [2.24, 2.45) is 11.1 Å². The zero-order valence-corrected chi connectivity index (χ0v) is 19.1. The summed E-state index contributed by atoms with van der Waals surface area (Å²) in [5.74, 6) is 0.209. The molecule has 10 heteroatoms. The van der Waals surface area contributed by atoms with Crippen molar-refractivity contribution in [3.05, 3.63) is 77.6 Å². The highest BCUT2D eigenvalue weighted by molar-refractivity contribution is 7.89. The normalized spacial score (nSPS) is 15.4. The standard InChI is InChI=1S/C23H28N6O3S/c24-33(31,32)21-8-6-20(7-9-21)15-28-12-10-18(11-13-28)14-25-23(30)22-17-29(27-26-22)16-19-4-2-1-3-5-19/h1-9,17-18H,10-16H2,(H,25,30)(H2,24,31,32). The minimum absolute atomic E-state index is 0.126. The number of primary sulfonamides is 1. The fourth-order valence-corrected chi connectivity index (χ4v) is 4.48. The molecule has 1 fully saturated rings. The topological polar surface area (TPSA) is 123 Å². The van der Waals surface area contributed by atoms with Crippen LogP contribution in [0.4, 0.5) is 0 Å². The van der Waals surface area contributed by atoms with Gasteiger partial charge in [-0.2, -0.15) is 0 Å². The predicted octanol–water partition coefficient (Wildman–Crippen LogP) is 1.62. The van der Waals surface area contributed by atoms with Gasteiger partial charge in [-0.05, 0) is 55.1 Å². The zero-order valence-electron chi connectivity index (χ0n) is 18.3. The highest BCUT2D eigenvalue weighted by atomic mass is 32.2. The van der Waals surface area contributed by atoms with Crippen LogP contribution >= 0.6 is 0 Å². The number of aromatic nitrogens is 3. The van der Waals surface area contributed by atoms with Gasteiger partial charge >= 0.3 is 0 Å². The fraction of sp³-hybridized carbons (Fsp3) is 0.348. The molecule has 33 heavy (non-hydrogen) atoms. The number of nitrogens with zero attached hydrogens (tertiary/aromatic N) is 4. The van der Waals surface area contributed by atoms with Gasteiger partial charge in [0.25, 0.3) is 5.91 Å². The minimum Gasteiger partial charge on any atom is -0.350 e. The molecule has 0 bridgehead atoms. The van der Waals surface area contributed by atoms with E-state index in [0.29, 0.717) is 24.7 Å².